The van der Waals surface area contributed by atoms with Crippen molar-refractivity contribution in [2.75, 3.05) is 11.1 Å². The number of nitrogen functional groups attached to an aromatic ring is 1. The van der Waals surface area contributed by atoms with E-state index in [0.29, 0.717) is 17.2 Å². The summed E-state index contributed by atoms with van der Waals surface area (Å²) < 4.78 is 0. The number of benzene rings is 1. The van der Waals surface area contributed by atoms with Crippen molar-refractivity contribution in [1.29, 1.82) is 0 Å². The Hall–Kier alpha value is -1.62. The number of carbonyl (C=O) groups excluding carboxylic acids is 1. The molecule has 4 nitrogen and oxygen atoms in total. The molecule has 0 radical (unpaired) electrons. The molecule has 1 aromatic carbocycles. The van der Waals surface area contributed by atoms with Crippen molar-refractivity contribution in [2.24, 2.45) is 0 Å². The minimum atomic E-state index is -0.0712. The monoisotopic (exact) mass is 251 g/mol. The van der Waals surface area contributed by atoms with Gasteiger partial charge in [-0.25, -0.2) is 0 Å². The lowest BCUT2D eigenvalue weighted by molar-refractivity contribution is -0.119. The lowest BCUT2D eigenvalue weighted by Crippen LogP contribution is -2.34. The Morgan fingerprint density at radius 1 is 1.47 bits per heavy atom. The summed E-state index contributed by atoms with van der Waals surface area (Å²) in [5, 5.41) is 5.91. The number of rotatable bonds is 3. The van der Waals surface area contributed by atoms with Gasteiger partial charge in [0.1, 0.15) is 0 Å². The van der Waals surface area contributed by atoms with Gasteiger partial charge < -0.3 is 16.4 Å². The van der Waals surface area contributed by atoms with E-state index in [1.165, 1.54) is 0 Å². The lowest BCUT2D eigenvalue weighted by atomic mass is 10.2. The van der Waals surface area contributed by atoms with Gasteiger partial charge in [0.15, 0.2) is 5.11 Å². The average molecular weight is 251 g/mol. The Labute approximate surface area is 107 Å². The van der Waals surface area contributed by atoms with Gasteiger partial charge in [-0.2, -0.15) is 0 Å². The predicted octanol–water partition coefficient (Wildman–Crippen LogP) is 2.19. The molecule has 0 aliphatic rings. The molecule has 0 bridgehead atoms. The second-order valence-electron chi connectivity index (χ2n) is 3.83. The Morgan fingerprint density at radius 2 is 2.18 bits per heavy atom. The van der Waals surface area contributed by atoms with E-state index in [4.69, 9.17) is 18.0 Å². The molecule has 92 valence electrons. The van der Waals surface area contributed by atoms with Gasteiger partial charge in [-0.15, -0.1) is 0 Å². The fourth-order valence-corrected chi connectivity index (χ4v) is 1.62. The lowest BCUT2D eigenvalue weighted by Gasteiger charge is -2.11. The van der Waals surface area contributed by atoms with Gasteiger partial charge in [-0.05, 0) is 49.3 Å². The van der Waals surface area contributed by atoms with Gasteiger partial charge in [-0.1, -0.05) is 6.92 Å². The number of amides is 1. The van der Waals surface area contributed by atoms with E-state index in [1.807, 2.05) is 26.0 Å². The third-order valence-electron chi connectivity index (χ3n) is 2.23. The summed E-state index contributed by atoms with van der Waals surface area (Å²) in [4.78, 5) is 11.3. The van der Waals surface area contributed by atoms with Crippen LogP contribution < -0.4 is 16.4 Å². The molecule has 0 saturated carbocycles. The summed E-state index contributed by atoms with van der Waals surface area (Å²) in [5.41, 5.74) is 8.18. The first-order valence-corrected chi connectivity index (χ1v) is 5.90. The van der Waals surface area contributed by atoms with Gasteiger partial charge in [0, 0.05) is 17.8 Å². The first-order chi connectivity index (χ1) is 8.02. The number of hydrogen-bond acceptors (Lipinski definition) is 3. The van der Waals surface area contributed by atoms with Crippen LogP contribution in [0.4, 0.5) is 11.4 Å². The largest absolute Gasteiger partial charge is 0.399 e. The molecule has 0 atom stereocenters. The maximum atomic E-state index is 11.3. The molecule has 0 unspecified atom stereocenters. The Morgan fingerprint density at radius 3 is 2.76 bits per heavy atom. The van der Waals surface area contributed by atoms with Gasteiger partial charge in [0.05, 0.1) is 0 Å². The Bertz CT molecular complexity index is 432. The van der Waals surface area contributed by atoms with E-state index in [2.05, 4.69) is 10.6 Å². The highest BCUT2D eigenvalue weighted by molar-refractivity contribution is 7.80. The first-order valence-electron chi connectivity index (χ1n) is 5.50. The summed E-state index contributed by atoms with van der Waals surface area (Å²) in [6.45, 7) is 3.87. The zero-order valence-electron chi connectivity index (χ0n) is 10.0. The van der Waals surface area contributed by atoms with Crippen LogP contribution in [0.3, 0.4) is 0 Å². The summed E-state index contributed by atoms with van der Waals surface area (Å²) in [5.74, 6) is -0.0712. The second-order valence-corrected chi connectivity index (χ2v) is 4.23. The van der Waals surface area contributed by atoms with Crippen molar-refractivity contribution < 1.29 is 4.79 Å². The number of nitrogens with one attached hydrogen (secondary N) is 2. The van der Waals surface area contributed by atoms with Crippen molar-refractivity contribution in [1.82, 2.24) is 5.32 Å². The van der Waals surface area contributed by atoms with E-state index in [-0.39, 0.29) is 5.91 Å². The molecule has 0 saturated heterocycles. The van der Waals surface area contributed by atoms with Crippen LogP contribution in [-0.2, 0) is 4.79 Å². The van der Waals surface area contributed by atoms with E-state index in [9.17, 15) is 4.79 Å². The molecular weight excluding hydrogens is 234 g/mol. The topological polar surface area (TPSA) is 67.2 Å². The number of thiocarbonyl (C=S) groups is 1. The van der Waals surface area contributed by atoms with Crippen molar-refractivity contribution in [2.45, 2.75) is 26.7 Å². The minimum Gasteiger partial charge on any atom is -0.399 e. The maximum absolute atomic E-state index is 11.3. The fourth-order valence-electron chi connectivity index (χ4n) is 1.40. The zero-order chi connectivity index (χ0) is 12.8. The predicted molar refractivity (Wildman–Crippen MR) is 74.9 cm³/mol. The fraction of sp³-hybridized carbons (Fsp3) is 0.333. The van der Waals surface area contributed by atoms with Gasteiger partial charge in [0.25, 0.3) is 0 Å². The third-order valence-corrected chi connectivity index (χ3v) is 2.43. The highest BCUT2D eigenvalue weighted by Gasteiger charge is 2.05. The summed E-state index contributed by atoms with van der Waals surface area (Å²) in [6, 6.07) is 5.47. The van der Waals surface area contributed by atoms with Crippen LogP contribution in [0.25, 0.3) is 0 Å². The molecule has 0 heterocycles. The quantitative estimate of drug-likeness (QED) is 0.569. The summed E-state index contributed by atoms with van der Waals surface area (Å²) in [6.07, 6.45) is 1.28. The van der Waals surface area contributed by atoms with E-state index in [1.54, 1.807) is 6.07 Å². The first kappa shape index (κ1) is 13.4. The average Bonchev–Trinajstić information content (AvgIpc) is 2.22. The number of carbonyl (C=O) groups is 1. The molecule has 0 spiro atoms. The molecule has 1 aromatic rings. The second kappa shape index (κ2) is 6.20. The molecule has 1 amide bonds. The molecule has 0 fully saturated rings. The number of nitrogens with two attached hydrogens (primary N) is 1. The highest BCUT2D eigenvalue weighted by atomic mass is 32.1. The smallest absolute Gasteiger partial charge is 0.226 e. The normalized spacial score (nSPS) is 9.76. The standard InChI is InChI=1S/C12H17N3OS/c1-3-4-11(16)15-12(17)14-10-6-5-9(13)7-8(10)2/h5-7H,3-4,13H2,1-2H3,(H2,14,15,16,17). The Balaban J connectivity index is 2.59. The summed E-state index contributed by atoms with van der Waals surface area (Å²) >= 11 is 5.04. The molecule has 0 aromatic heterocycles. The van der Waals surface area contributed by atoms with Crippen LogP contribution in [0.5, 0.6) is 0 Å². The van der Waals surface area contributed by atoms with Gasteiger partial charge >= 0.3 is 0 Å². The number of anilines is 2. The van der Waals surface area contributed by atoms with Gasteiger partial charge in [0.2, 0.25) is 5.91 Å². The summed E-state index contributed by atoms with van der Waals surface area (Å²) in [7, 11) is 0. The van der Waals surface area contributed by atoms with Crippen LogP contribution in [0.2, 0.25) is 0 Å². The maximum Gasteiger partial charge on any atom is 0.226 e. The van der Waals surface area contributed by atoms with Crippen LogP contribution in [0, 0.1) is 6.92 Å². The van der Waals surface area contributed by atoms with Crippen LogP contribution in [-0.4, -0.2) is 11.0 Å². The minimum absolute atomic E-state index is 0.0712. The van der Waals surface area contributed by atoms with Crippen LogP contribution in [0.1, 0.15) is 25.3 Å². The third kappa shape index (κ3) is 4.40. The molecule has 1 rings (SSSR count). The van der Waals surface area contributed by atoms with E-state index >= 15 is 0 Å². The number of aryl methyl sites for hydroxylation is 1. The highest BCUT2D eigenvalue weighted by Crippen LogP contribution is 2.17. The molecule has 17 heavy (non-hydrogen) atoms. The van der Waals surface area contributed by atoms with Crippen molar-refractivity contribution in [3.05, 3.63) is 23.8 Å². The molecule has 0 aliphatic heterocycles. The van der Waals surface area contributed by atoms with Crippen molar-refractivity contribution in [3.8, 4) is 0 Å². The Kier molecular flexibility index (Phi) is 4.90. The molecule has 5 heteroatoms. The van der Waals surface area contributed by atoms with Crippen molar-refractivity contribution in [3.63, 3.8) is 0 Å². The number of hydrogen-bond donors (Lipinski definition) is 3. The van der Waals surface area contributed by atoms with E-state index in [0.717, 1.165) is 17.7 Å². The molecular formula is C12H17N3OS. The van der Waals surface area contributed by atoms with Gasteiger partial charge in [-0.3, -0.25) is 4.79 Å². The molecule has 0 aliphatic carbocycles. The van der Waals surface area contributed by atoms with Crippen molar-refractivity contribution >= 4 is 34.6 Å². The molecule has 4 N–H and O–H groups in total. The zero-order valence-corrected chi connectivity index (χ0v) is 10.9. The van der Waals surface area contributed by atoms with Crippen LogP contribution in [0.15, 0.2) is 18.2 Å². The SMILES string of the molecule is CCCC(=O)NC(=S)Nc1ccc(N)cc1C. The van der Waals surface area contributed by atoms with Crippen LogP contribution >= 0.6 is 12.2 Å². The van der Waals surface area contributed by atoms with E-state index < -0.39 is 0 Å².